The van der Waals surface area contributed by atoms with Crippen molar-refractivity contribution < 1.29 is 4.74 Å². The molecule has 0 aliphatic carbocycles. The van der Waals surface area contributed by atoms with E-state index in [2.05, 4.69) is 19.9 Å². The minimum Gasteiger partial charge on any atom is -0.368 e. The Labute approximate surface area is 170 Å². The summed E-state index contributed by atoms with van der Waals surface area (Å²) in [5.74, 6) is 2.44. The first kappa shape index (κ1) is 18.2. The van der Waals surface area contributed by atoms with Crippen molar-refractivity contribution in [2.45, 2.75) is 31.8 Å². The Morgan fingerprint density at radius 1 is 1.10 bits per heavy atom. The Morgan fingerprint density at radius 2 is 1.93 bits per heavy atom. The molecule has 0 saturated carbocycles. The van der Waals surface area contributed by atoms with E-state index in [4.69, 9.17) is 14.7 Å². The van der Waals surface area contributed by atoms with Gasteiger partial charge in [0.2, 0.25) is 5.95 Å². The van der Waals surface area contributed by atoms with E-state index in [9.17, 15) is 0 Å². The molecule has 5 rings (SSSR count). The molecule has 8 heteroatoms. The monoisotopic (exact) mass is 391 g/mol. The highest BCUT2D eigenvalue weighted by molar-refractivity contribution is 5.86. The Balaban J connectivity index is 1.47. The molecule has 0 N–H and O–H groups in total. The smallest absolute Gasteiger partial charge is 0.225 e. The highest BCUT2D eigenvalue weighted by atomic mass is 16.5. The molecule has 0 aromatic carbocycles. The van der Waals surface area contributed by atoms with Gasteiger partial charge in [0.1, 0.15) is 17.2 Å². The minimum atomic E-state index is -0.339. The zero-order valence-electron chi connectivity index (χ0n) is 17.1. The van der Waals surface area contributed by atoms with Crippen molar-refractivity contribution in [3.8, 4) is 0 Å². The van der Waals surface area contributed by atoms with Crippen LogP contribution in [0.25, 0.3) is 11.0 Å². The number of nitrogens with zero attached hydrogens (tertiary/aromatic N) is 7. The van der Waals surface area contributed by atoms with E-state index in [1.165, 1.54) is 5.56 Å². The van der Waals surface area contributed by atoms with E-state index in [-0.39, 0.29) is 5.60 Å². The van der Waals surface area contributed by atoms with Gasteiger partial charge in [-0.1, -0.05) is 0 Å². The molecule has 1 saturated heterocycles. The number of hydrogen-bond acceptors (Lipinski definition) is 8. The fraction of sp³-hybridized carbons (Fsp3) is 0.476. The zero-order chi connectivity index (χ0) is 20.0. The highest BCUT2D eigenvalue weighted by Gasteiger charge is 2.43. The average molecular weight is 391 g/mol. The molecule has 2 aliphatic heterocycles. The predicted octanol–water partition coefficient (Wildman–Crippen LogP) is 2.26. The van der Waals surface area contributed by atoms with Crippen LogP contribution >= 0.6 is 0 Å². The lowest BCUT2D eigenvalue weighted by Gasteiger charge is -2.44. The number of rotatable bonds is 2. The summed E-state index contributed by atoms with van der Waals surface area (Å²) in [7, 11) is 3.94. The summed E-state index contributed by atoms with van der Waals surface area (Å²) in [5.41, 5.74) is 2.68. The van der Waals surface area contributed by atoms with Crippen LogP contribution in [0.4, 0.5) is 11.8 Å². The van der Waals surface area contributed by atoms with Crippen molar-refractivity contribution in [1.82, 2.24) is 24.9 Å². The van der Waals surface area contributed by atoms with Gasteiger partial charge in [0.15, 0.2) is 5.65 Å². The van der Waals surface area contributed by atoms with Crippen LogP contribution in [0.3, 0.4) is 0 Å². The number of aryl methyl sites for hydroxylation is 1. The second kappa shape index (κ2) is 6.88. The maximum absolute atomic E-state index is 6.38. The summed E-state index contributed by atoms with van der Waals surface area (Å²) in [4.78, 5) is 27.3. The molecule has 2 aliphatic rings. The van der Waals surface area contributed by atoms with Gasteiger partial charge in [0, 0.05) is 39.6 Å². The Morgan fingerprint density at radius 3 is 2.72 bits per heavy atom. The van der Waals surface area contributed by atoms with Crippen LogP contribution in [0.15, 0.2) is 24.5 Å². The second-order valence-electron chi connectivity index (χ2n) is 7.99. The lowest BCUT2D eigenvalue weighted by Crippen LogP contribution is -2.47. The van der Waals surface area contributed by atoms with E-state index < -0.39 is 0 Å². The van der Waals surface area contributed by atoms with Gasteiger partial charge in [0.05, 0.1) is 17.7 Å². The summed E-state index contributed by atoms with van der Waals surface area (Å²) in [6, 6.07) is 3.99. The molecule has 3 aromatic heterocycles. The predicted molar refractivity (Wildman–Crippen MR) is 111 cm³/mol. The molecule has 1 fully saturated rings. The van der Waals surface area contributed by atoms with Crippen molar-refractivity contribution in [2.75, 3.05) is 43.6 Å². The first-order chi connectivity index (χ1) is 14.1. The average Bonchev–Trinajstić information content (AvgIpc) is 2.74. The van der Waals surface area contributed by atoms with Crippen molar-refractivity contribution in [2.24, 2.45) is 0 Å². The van der Waals surface area contributed by atoms with Crippen molar-refractivity contribution >= 4 is 22.8 Å². The third-order valence-corrected chi connectivity index (χ3v) is 5.87. The molecular formula is C21H25N7O. The maximum Gasteiger partial charge on any atom is 0.225 e. The van der Waals surface area contributed by atoms with Gasteiger partial charge in [-0.3, -0.25) is 0 Å². The number of ether oxygens (including phenoxy) is 1. The van der Waals surface area contributed by atoms with Gasteiger partial charge in [-0.25, -0.2) is 24.9 Å². The van der Waals surface area contributed by atoms with Gasteiger partial charge in [-0.05, 0) is 43.9 Å². The SMILES string of the molecule is Cc1nc(N2CCC3(CC2)OCCc2cnc(N(C)C)nc23)c2cccnc2n1. The Hall–Kier alpha value is -2.87. The van der Waals surface area contributed by atoms with Gasteiger partial charge in [0.25, 0.3) is 0 Å². The molecule has 0 radical (unpaired) electrons. The summed E-state index contributed by atoms with van der Waals surface area (Å²) in [6.07, 6.45) is 6.36. The van der Waals surface area contributed by atoms with Crippen LogP contribution in [-0.4, -0.2) is 58.7 Å². The first-order valence-corrected chi connectivity index (χ1v) is 10.1. The highest BCUT2D eigenvalue weighted by Crippen LogP contribution is 2.42. The molecule has 150 valence electrons. The summed E-state index contributed by atoms with van der Waals surface area (Å²) < 4.78 is 6.38. The van der Waals surface area contributed by atoms with Gasteiger partial charge in [-0.2, -0.15) is 0 Å². The normalized spacial score (nSPS) is 18.1. The fourth-order valence-corrected chi connectivity index (χ4v) is 4.37. The van der Waals surface area contributed by atoms with E-state index in [1.54, 1.807) is 6.20 Å². The van der Waals surface area contributed by atoms with E-state index in [0.29, 0.717) is 0 Å². The summed E-state index contributed by atoms with van der Waals surface area (Å²) in [6.45, 7) is 4.34. The molecule has 0 bridgehead atoms. The van der Waals surface area contributed by atoms with Crippen molar-refractivity contribution in [3.63, 3.8) is 0 Å². The number of anilines is 2. The Kier molecular flexibility index (Phi) is 4.31. The van der Waals surface area contributed by atoms with Crippen LogP contribution in [0.5, 0.6) is 0 Å². The minimum absolute atomic E-state index is 0.339. The molecule has 5 heterocycles. The first-order valence-electron chi connectivity index (χ1n) is 10.1. The quantitative estimate of drug-likeness (QED) is 0.658. The fourth-order valence-electron chi connectivity index (χ4n) is 4.37. The summed E-state index contributed by atoms with van der Waals surface area (Å²) >= 11 is 0. The van der Waals surface area contributed by atoms with E-state index in [0.717, 1.165) is 73.3 Å². The Bertz CT molecular complexity index is 1060. The van der Waals surface area contributed by atoms with Crippen LogP contribution in [0.1, 0.15) is 29.9 Å². The lowest BCUT2D eigenvalue weighted by molar-refractivity contribution is -0.0801. The van der Waals surface area contributed by atoms with Crippen LogP contribution < -0.4 is 9.80 Å². The maximum atomic E-state index is 6.38. The molecule has 1 spiro atoms. The van der Waals surface area contributed by atoms with Crippen molar-refractivity contribution in [3.05, 3.63) is 41.6 Å². The topological polar surface area (TPSA) is 80.2 Å². The lowest BCUT2D eigenvalue weighted by atomic mass is 9.83. The van der Waals surface area contributed by atoms with E-state index in [1.807, 2.05) is 44.2 Å². The molecule has 0 amide bonds. The molecule has 3 aromatic rings. The third-order valence-electron chi connectivity index (χ3n) is 5.87. The zero-order valence-corrected chi connectivity index (χ0v) is 17.1. The van der Waals surface area contributed by atoms with Crippen LogP contribution in [0, 0.1) is 6.92 Å². The van der Waals surface area contributed by atoms with Gasteiger partial charge in [-0.15, -0.1) is 0 Å². The summed E-state index contributed by atoms with van der Waals surface area (Å²) in [5, 5.41) is 0.997. The molecule has 0 atom stereocenters. The number of hydrogen-bond donors (Lipinski definition) is 0. The van der Waals surface area contributed by atoms with E-state index >= 15 is 0 Å². The molecular weight excluding hydrogens is 366 g/mol. The number of pyridine rings is 1. The van der Waals surface area contributed by atoms with Crippen LogP contribution in [0.2, 0.25) is 0 Å². The second-order valence-corrected chi connectivity index (χ2v) is 7.99. The molecule has 8 nitrogen and oxygen atoms in total. The largest absolute Gasteiger partial charge is 0.368 e. The van der Waals surface area contributed by atoms with Crippen LogP contribution in [-0.2, 0) is 16.8 Å². The number of aromatic nitrogens is 5. The van der Waals surface area contributed by atoms with Crippen molar-refractivity contribution in [1.29, 1.82) is 0 Å². The number of fused-ring (bicyclic) bond motifs is 3. The third kappa shape index (κ3) is 3.07. The standard InChI is InChI=1S/C21H25N7O/c1-14-24-18-16(5-4-9-22-18)19(25-14)28-10-7-21(8-11-28)17-15(6-12-29-21)13-23-20(26-17)27(2)3/h4-5,9,13H,6-8,10-12H2,1-3H3. The van der Waals surface area contributed by atoms with Gasteiger partial charge >= 0.3 is 0 Å². The molecule has 29 heavy (non-hydrogen) atoms. The molecule has 0 unspecified atom stereocenters. The number of piperidine rings is 1. The van der Waals surface area contributed by atoms with Gasteiger partial charge < -0.3 is 14.5 Å².